The van der Waals surface area contributed by atoms with E-state index in [1.807, 2.05) is 22.7 Å². The first-order valence-electron chi connectivity index (χ1n) is 6.72. The minimum Gasteiger partial charge on any atom is -0.309 e. The molecule has 0 spiro atoms. The summed E-state index contributed by atoms with van der Waals surface area (Å²) in [5.74, 6) is 0. The third-order valence-electron chi connectivity index (χ3n) is 3.26. The van der Waals surface area contributed by atoms with Crippen LogP contribution >= 0.6 is 34.0 Å². The van der Waals surface area contributed by atoms with E-state index < -0.39 is 0 Å². The van der Waals surface area contributed by atoms with E-state index in [2.05, 4.69) is 57.2 Å². The van der Waals surface area contributed by atoms with Crippen LogP contribution in [0.1, 0.15) is 21.4 Å². The van der Waals surface area contributed by atoms with Crippen LogP contribution in [0.5, 0.6) is 0 Å². The molecule has 1 atom stereocenters. The summed E-state index contributed by atoms with van der Waals surface area (Å²) in [4.78, 5) is 2.88. The van der Waals surface area contributed by atoms with Crippen LogP contribution in [-0.4, -0.2) is 6.54 Å². The largest absolute Gasteiger partial charge is 0.309 e. The van der Waals surface area contributed by atoms with Gasteiger partial charge in [0.05, 0.1) is 0 Å². The Hall–Kier alpha value is -0.940. The van der Waals surface area contributed by atoms with E-state index in [9.17, 15) is 0 Å². The van der Waals surface area contributed by atoms with Crippen molar-refractivity contribution in [1.29, 1.82) is 0 Å². The summed E-state index contributed by atoms with van der Waals surface area (Å²) in [6, 6.07) is 11.4. The molecule has 0 aliphatic rings. The Morgan fingerprint density at radius 3 is 2.60 bits per heavy atom. The van der Waals surface area contributed by atoms with Gasteiger partial charge < -0.3 is 5.32 Å². The highest BCUT2D eigenvalue weighted by Crippen LogP contribution is 2.24. The van der Waals surface area contributed by atoms with Gasteiger partial charge in [-0.2, -0.15) is 11.3 Å². The molecule has 1 N–H and O–H groups in total. The van der Waals surface area contributed by atoms with Gasteiger partial charge in [-0.3, -0.25) is 0 Å². The monoisotopic (exact) mass is 319 g/mol. The number of hydrogen-bond acceptors (Lipinski definition) is 4. The van der Waals surface area contributed by atoms with E-state index in [4.69, 9.17) is 0 Å². The Morgan fingerprint density at radius 2 is 1.90 bits per heavy atom. The van der Waals surface area contributed by atoms with Gasteiger partial charge in [0, 0.05) is 22.2 Å². The second-order valence-corrected chi connectivity index (χ2v) is 7.48. The van der Waals surface area contributed by atoms with Gasteiger partial charge in [-0.05, 0) is 58.2 Å². The fourth-order valence-electron chi connectivity index (χ4n) is 2.22. The van der Waals surface area contributed by atoms with Gasteiger partial charge in [-0.1, -0.05) is 12.1 Å². The minimum atomic E-state index is 0.437. The highest BCUT2D eigenvalue weighted by Gasteiger charge is 2.13. The quantitative estimate of drug-likeness (QED) is 0.647. The minimum absolute atomic E-state index is 0.437. The predicted octanol–water partition coefficient (Wildman–Crippen LogP) is 4.99. The average Bonchev–Trinajstić information content (AvgIpc) is 3.21. The van der Waals surface area contributed by atoms with Crippen LogP contribution in [0.2, 0.25) is 0 Å². The van der Waals surface area contributed by atoms with Gasteiger partial charge in [-0.15, -0.1) is 22.7 Å². The lowest BCUT2D eigenvalue weighted by atomic mass is 10.1. The summed E-state index contributed by atoms with van der Waals surface area (Å²) < 4.78 is 0. The standard InChI is InChI=1S/C16H17NS3/c1-3-14(19-8-1)11-15(16-4-2-9-20-16)17-7-5-13-6-10-18-12-13/h1-4,6,8-10,12,15,17H,5,7,11H2. The van der Waals surface area contributed by atoms with E-state index in [1.165, 1.54) is 15.3 Å². The van der Waals surface area contributed by atoms with Crippen molar-refractivity contribution in [1.82, 2.24) is 5.32 Å². The molecule has 0 bridgehead atoms. The average molecular weight is 320 g/mol. The van der Waals surface area contributed by atoms with Crippen molar-refractivity contribution in [2.45, 2.75) is 18.9 Å². The van der Waals surface area contributed by atoms with Crippen molar-refractivity contribution in [3.05, 3.63) is 67.2 Å². The third kappa shape index (κ3) is 3.79. The van der Waals surface area contributed by atoms with Crippen LogP contribution in [0, 0.1) is 0 Å². The molecule has 4 heteroatoms. The highest BCUT2D eigenvalue weighted by atomic mass is 32.1. The van der Waals surface area contributed by atoms with Gasteiger partial charge in [0.15, 0.2) is 0 Å². The van der Waals surface area contributed by atoms with Crippen molar-refractivity contribution >= 4 is 34.0 Å². The maximum absolute atomic E-state index is 3.72. The molecule has 0 aliphatic carbocycles. The molecule has 3 aromatic heterocycles. The highest BCUT2D eigenvalue weighted by molar-refractivity contribution is 7.10. The SMILES string of the molecule is c1csc(CC(NCCc2ccsc2)c2cccs2)c1. The lowest BCUT2D eigenvalue weighted by Crippen LogP contribution is -2.24. The van der Waals surface area contributed by atoms with Gasteiger partial charge >= 0.3 is 0 Å². The summed E-state index contributed by atoms with van der Waals surface area (Å²) in [6.45, 7) is 1.03. The van der Waals surface area contributed by atoms with Crippen molar-refractivity contribution in [3.63, 3.8) is 0 Å². The topological polar surface area (TPSA) is 12.0 Å². The molecule has 3 aromatic rings. The first kappa shape index (κ1) is 14.0. The maximum atomic E-state index is 3.72. The molecule has 0 aliphatic heterocycles. The molecule has 0 amide bonds. The van der Waals surface area contributed by atoms with E-state index in [0.717, 1.165) is 19.4 Å². The molecule has 0 aromatic carbocycles. The summed E-state index contributed by atoms with van der Waals surface area (Å²) in [7, 11) is 0. The molecule has 1 nitrogen and oxygen atoms in total. The smallest absolute Gasteiger partial charge is 0.0463 e. The van der Waals surface area contributed by atoms with Crippen molar-refractivity contribution < 1.29 is 0 Å². The fraction of sp³-hybridized carbons (Fsp3) is 0.250. The fourth-order valence-corrected chi connectivity index (χ4v) is 4.48. The van der Waals surface area contributed by atoms with Gasteiger partial charge in [0.2, 0.25) is 0 Å². The molecule has 1 unspecified atom stereocenters. The van der Waals surface area contributed by atoms with Crippen LogP contribution in [0.15, 0.2) is 51.9 Å². The van der Waals surface area contributed by atoms with Crippen LogP contribution in [0.4, 0.5) is 0 Å². The second-order valence-electron chi connectivity index (χ2n) is 4.69. The lowest BCUT2D eigenvalue weighted by Gasteiger charge is -2.16. The summed E-state index contributed by atoms with van der Waals surface area (Å²) >= 11 is 5.47. The molecule has 3 heterocycles. The Kier molecular flexibility index (Phi) is 5.03. The first-order chi connectivity index (χ1) is 9.92. The third-order valence-corrected chi connectivity index (χ3v) is 5.87. The molecule has 3 rings (SSSR count). The van der Waals surface area contributed by atoms with E-state index >= 15 is 0 Å². The molecule has 20 heavy (non-hydrogen) atoms. The number of thiophene rings is 3. The molecule has 0 saturated heterocycles. The zero-order valence-corrected chi connectivity index (χ0v) is 13.6. The molecule has 0 radical (unpaired) electrons. The van der Waals surface area contributed by atoms with Crippen LogP contribution in [0.25, 0.3) is 0 Å². The lowest BCUT2D eigenvalue weighted by molar-refractivity contribution is 0.545. The van der Waals surface area contributed by atoms with Crippen LogP contribution < -0.4 is 5.32 Å². The van der Waals surface area contributed by atoms with Crippen LogP contribution in [-0.2, 0) is 12.8 Å². The molecule has 0 fully saturated rings. The number of rotatable bonds is 7. The Bertz CT molecular complexity index is 582. The summed E-state index contributed by atoms with van der Waals surface area (Å²) in [5, 5.41) is 12.4. The van der Waals surface area contributed by atoms with Gasteiger partial charge in [0.25, 0.3) is 0 Å². The molecule has 0 saturated carbocycles. The van der Waals surface area contributed by atoms with Gasteiger partial charge in [0.1, 0.15) is 0 Å². The maximum Gasteiger partial charge on any atom is 0.0463 e. The van der Waals surface area contributed by atoms with E-state index in [1.54, 1.807) is 11.3 Å². The van der Waals surface area contributed by atoms with Gasteiger partial charge in [-0.25, -0.2) is 0 Å². The number of nitrogens with one attached hydrogen (secondary N) is 1. The normalized spacial score (nSPS) is 12.6. The summed E-state index contributed by atoms with van der Waals surface area (Å²) in [6.07, 6.45) is 2.19. The zero-order chi connectivity index (χ0) is 13.6. The zero-order valence-electron chi connectivity index (χ0n) is 11.1. The number of hydrogen-bond donors (Lipinski definition) is 1. The van der Waals surface area contributed by atoms with E-state index in [0.29, 0.717) is 6.04 Å². The first-order valence-corrected chi connectivity index (χ1v) is 9.42. The van der Waals surface area contributed by atoms with Crippen molar-refractivity contribution in [2.24, 2.45) is 0 Å². The van der Waals surface area contributed by atoms with E-state index in [-0.39, 0.29) is 0 Å². The Labute approximate surface area is 131 Å². The molecular formula is C16H17NS3. The van der Waals surface area contributed by atoms with Crippen molar-refractivity contribution in [2.75, 3.05) is 6.54 Å². The molecular weight excluding hydrogens is 302 g/mol. The van der Waals surface area contributed by atoms with Crippen molar-refractivity contribution in [3.8, 4) is 0 Å². The molecule has 104 valence electrons. The Morgan fingerprint density at radius 1 is 1.00 bits per heavy atom. The second kappa shape index (κ2) is 7.18. The Balaban J connectivity index is 1.60. The summed E-state index contributed by atoms with van der Waals surface area (Å²) in [5.41, 5.74) is 1.43. The van der Waals surface area contributed by atoms with Crippen LogP contribution in [0.3, 0.4) is 0 Å². The predicted molar refractivity (Wildman–Crippen MR) is 91.1 cm³/mol.